The number of hydrogen-bond donors (Lipinski definition) is 1. The highest BCUT2D eigenvalue weighted by molar-refractivity contribution is 9.10. The van der Waals surface area contributed by atoms with Gasteiger partial charge in [-0.15, -0.1) is 0 Å². The van der Waals surface area contributed by atoms with Gasteiger partial charge < -0.3 is 10.0 Å². The van der Waals surface area contributed by atoms with Gasteiger partial charge in [-0.05, 0) is 22.4 Å². The maximum absolute atomic E-state index is 10.9. The van der Waals surface area contributed by atoms with Crippen molar-refractivity contribution in [2.75, 3.05) is 13.1 Å². The monoisotopic (exact) mass is 345 g/mol. The fourth-order valence-corrected chi connectivity index (χ4v) is 3.16. The van der Waals surface area contributed by atoms with Gasteiger partial charge in [-0.3, -0.25) is 0 Å². The predicted molar refractivity (Wildman–Crippen MR) is 70.4 cm³/mol. The molecule has 1 aliphatic heterocycles. The van der Waals surface area contributed by atoms with Crippen LogP contribution in [-0.4, -0.2) is 48.8 Å². The number of halogens is 2. The van der Waals surface area contributed by atoms with E-state index in [1.54, 1.807) is 4.52 Å². The highest BCUT2D eigenvalue weighted by atomic mass is 79.9. The van der Waals surface area contributed by atoms with Crippen molar-refractivity contribution in [2.24, 2.45) is 0 Å². The molecule has 1 amide bonds. The summed E-state index contributed by atoms with van der Waals surface area (Å²) < 4.78 is 2.19. The quantitative estimate of drug-likeness (QED) is 0.854. The van der Waals surface area contributed by atoms with E-state index in [1.165, 1.54) is 11.2 Å². The van der Waals surface area contributed by atoms with Gasteiger partial charge in [0.2, 0.25) is 0 Å². The molecule has 1 unspecified atom stereocenters. The fourth-order valence-electron chi connectivity index (χ4n) is 2.29. The maximum Gasteiger partial charge on any atom is 0.407 e. The normalized spacial score (nSPS) is 19.3. The van der Waals surface area contributed by atoms with Crippen molar-refractivity contribution < 1.29 is 9.90 Å². The minimum absolute atomic E-state index is 0.0147. The van der Waals surface area contributed by atoms with E-state index in [4.69, 9.17) is 16.7 Å². The maximum atomic E-state index is 10.9. The topological polar surface area (TPSA) is 83.6 Å². The molecule has 2 aromatic heterocycles. The first-order valence-corrected chi connectivity index (χ1v) is 6.77. The van der Waals surface area contributed by atoms with E-state index < -0.39 is 6.09 Å². The zero-order valence-corrected chi connectivity index (χ0v) is 12.0. The minimum atomic E-state index is -0.907. The molecule has 1 fully saturated rings. The second-order valence-corrected chi connectivity index (χ2v) is 5.40. The third-order valence-electron chi connectivity index (χ3n) is 3.19. The molecular weight excluding hydrogens is 338 g/mol. The summed E-state index contributed by atoms with van der Waals surface area (Å²) in [6.45, 7) is 0.924. The number of hydrogen-bond acceptors (Lipinski definition) is 4. The third-order valence-corrected chi connectivity index (χ3v) is 4.02. The highest BCUT2D eigenvalue weighted by Crippen LogP contribution is 2.31. The Morgan fingerprint density at radius 2 is 2.37 bits per heavy atom. The van der Waals surface area contributed by atoms with Crippen LogP contribution in [0.5, 0.6) is 0 Å². The molecule has 100 valence electrons. The molecule has 0 bridgehead atoms. The minimum Gasteiger partial charge on any atom is -0.465 e. The number of likely N-dealkylation sites (tertiary alicyclic amines) is 1. The molecule has 7 nitrogen and oxygen atoms in total. The number of amides is 1. The van der Waals surface area contributed by atoms with Gasteiger partial charge in [0.05, 0.1) is 0 Å². The van der Waals surface area contributed by atoms with E-state index >= 15 is 0 Å². The number of aromatic nitrogens is 4. The largest absolute Gasteiger partial charge is 0.465 e. The Bertz CT molecular complexity index is 661. The number of rotatable bonds is 1. The van der Waals surface area contributed by atoms with E-state index in [0.29, 0.717) is 34.2 Å². The van der Waals surface area contributed by atoms with Crippen LogP contribution in [0.2, 0.25) is 5.15 Å². The van der Waals surface area contributed by atoms with Gasteiger partial charge in [0.15, 0.2) is 5.15 Å². The number of fused-ring (bicyclic) bond motifs is 1. The lowest BCUT2D eigenvalue weighted by Gasteiger charge is -2.11. The SMILES string of the molecule is O=C(O)N1CCC(c2nc(Br)c3c(Cl)ncnn23)C1. The lowest BCUT2D eigenvalue weighted by Crippen LogP contribution is -2.26. The van der Waals surface area contributed by atoms with Crippen LogP contribution in [0.15, 0.2) is 10.9 Å². The molecule has 1 N–H and O–H groups in total. The molecule has 0 aliphatic carbocycles. The van der Waals surface area contributed by atoms with Crippen molar-refractivity contribution in [2.45, 2.75) is 12.3 Å². The molecule has 1 aliphatic rings. The summed E-state index contributed by atoms with van der Waals surface area (Å²) in [6.07, 6.45) is 1.17. The van der Waals surface area contributed by atoms with Crippen molar-refractivity contribution in [1.29, 1.82) is 0 Å². The lowest BCUT2D eigenvalue weighted by molar-refractivity contribution is 0.155. The van der Waals surface area contributed by atoms with E-state index in [1.807, 2.05) is 0 Å². The third kappa shape index (κ3) is 2.04. The molecule has 9 heteroatoms. The average Bonchev–Trinajstić information content (AvgIpc) is 2.95. The van der Waals surface area contributed by atoms with Crippen LogP contribution in [0.4, 0.5) is 4.79 Å². The van der Waals surface area contributed by atoms with E-state index in [2.05, 4.69) is 31.0 Å². The fraction of sp³-hybridized carbons (Fsp3) is 0.400. The zero-order valence-electron chi connectivity index (χ0n) is 9.62. The Kier molecular flexibility index (Phi) is 3.06. The second kappa shape index (κ2) is 4.61. The summed E-state index contributed by atoms with van der Waals surface area (Å²) in [6, 6.07) is 0. The van der Waals surface area contributed by atoms with Gasteiger partial charge in [0.25, 0.3) is 0 Å². The summed E-state index contributed by atoms with van der Waals surface area (Å²) >= 11 is 9.35. The Labute approximate surface area is 121 Å². The van der Waals surface area contributed by atoms with Gasteiger partial charge in [0, 0.05) is 19.0 Å². The van der Waals surface area contributed by atoms with Crippen LogP contribution in [-0.2, 0) is 0 Å². The summed E-state index contributed by atoms with van der Waals surface area (Å²) in [4.78, 5) is 20.6. The summed E-state index contributed by atoms with van der Waals surface area (Å²) in [5.74, 6) is 0.718. The Hall–Kier alpha value is -1.41. The summed E-state index contributed by atoms with van der Waals surface area (Å²) in [5.41, 5.74) is 0.605. The van der Waals surface area contributed by atoms with Crippen molar-refractivity contribution >= 4 is 39.1 Å². The first-order chi connectivity index (χ1) is 9.08. The first-order valence-electron chi connectivity index (χ1n) is 5.60. The van der Waals surface area contributed by atoms with Gasteiger partial charge in [-0.1, -0.05) is 11.6 Å². The van der Waals surface area contributed by atoms with Crippen molar-refractivity contribution in [3.05, 3.63) is 21.9 Å². The highest BCUT2D eigenvalue weighted by Gasteiger charge is 2.31. The summed E-state index contributed by atoms with van der Waals surface area (Å²) in [5, 5.41) is 13.4. The molecule has 2 aromatic rings. The van der Waals surface area contributed by atoms with Crippen LogP contribution in [0, 0.1) is 0 Å². The molecule has 0 spiro atoms. The number of carboxylic acid groups (broad SMARTS) is 1. The van der Waals surface area contributed by atoms with Crippen LogP contribution >= 0.6 is 27.5 Å². The van der Waals surface area contributed by atoms with Gasteiger partial charge >= 0.3 is 6.09 Å². The van der Waals surface area contributed by atoms with Crippen LogP contribution in [0.3, 0.4) is 0 Å². The van der Waals surface area contributed by atoms with Gasteiger partial charge in [-0.2, -0.15) is 5.10 Å². The van der Waals surface area contributed by atoms with Crippen molar-refractivity contribution in [3.8, 4) is 0 Å². The first kappa shape index (κ1) is 12.6. The molecule has 3 heterocycles. The van der Waals surface area contributed by atoms with E-state index in [9.17, 15) is 4.79 Å². The molecule has 1 saturated heterocycles. The van der Waals surface area contributed by atoms with Crippen molar-refractivity contribution in [1.82, 2.24) is 24.5 Å². The van der Waals surface area contributed by atoms with E-state index in [-0.39, 0.29) is 5.92 Å². The number of nitrogens with zero attached hydrogens (tertiary/aromatic N) is 5. The zero-order chi connectivity index (χ0) is 13.6. The predicted octanol–water partition coefficient (Wildman–Crippen LogP) is 2.01. The molecule has 0 radical (unpaired) electrons. The van der Waals surface area contributed by atoms with Gasteiger partial charge in [-0.25, -0.2) is 19.3 Å². The molecule has 19 heavy (non-hydrogen) atoms. The van der Waals surface area contributed by atoms with E-state index in [0.717, 1.165) is 6.42 Å². The second-order valence-electron chi connectivity index (χ2n) is 4.29. The Morgan fingerprint density at radius 1 is 1.58 bits per heavy atom. The summed E-state index contributed by atoms with van der Waals surface area (Å²) in [7, 11) is 0. The molecule has 1 atom stereocenters. The average molecular weight is 347 g/mol. The molecule has 3 rings (SSSR count). The molecule has 0 aromatic carbocycles. The van der Waals surface area contributed by atoms with Crippen LogP contribution in [0.1, 0.15) is 18.2 Å². The Morgan fingerprint density at radius 3 is 3.05 bits per heavy atom. The van der Waals surface area contributed by atoms with Crippen LogP contribution in [0.25, 0.3) is 5.52 Å². The number of imidazole rings is 1. The van der Waals surface area contributed by atoms with Gasteiger partial charge in [0.1, 0.15) is 22.3 Å². The standard InChI is InChI=1S/C10H9BrClN5O2/c11-7-6-8(12)13-4-14-17(6)9(15-7)5-1-2-16(3-5)10(18)19/h4-5H,1-3H2,(H,18,19). The molecular formula is C10H9BrClN5O2. The van der Waals surface area contributed by atoms with Crippen molar-refractivity contribution in [3.63, 3.8) is 0 Å². The van der Waals surface area contributed by atoms with Crippen LogP contribution < -0.4 is 0 Å². The Balaban J connectivity index is 2.03. The smallest absolute Gasteiger partial charge is 0.407 e. The molecule has 0 saturated carbocycles. The number of carbonyl (C=O) groups is 1. The lowest BCUT2D eigenvalue weighted by atomic mass is 10.1.